The molecule has 1 unspecified atom stereocenters. The standard InChI is InChI=1S/C22H30N2O4/c1-3-4-5-13-24-21(26)19(17-8-10-18(28-2)11-9-17)20(22(24)27)23-12-6-7-16(14-23)15-25/h8-11,16,25H,3-7,12-15H2,1-2H3. The number of piperidine rings is 1. The first-order valence-corrected chi connectivity index (χ1v) is 10.2. The number of methoxy groups -OCH3 is 1. The number of imide groups is 1. The summed E-state index contributed by atoms with van der Waals surface area (Å²) in [5.74, 6) is 0.425. The predicted octanol–water partition coefficient (Wildman–Crippen LogP) is 2.67. The first-order valence-electron chi connectivity index (χ1n) is 10.2. The second kappa shape index (κ2) is 9.24. The molecule has 0 aliphatic carbocycles. The van der Waals surface area contributed by atoms with Gasteiger partial charge in [-0.2, -0.15) is 0 Å². The summed E-state index contributed by atoms with van der Waals surface area (Å²) in [5.41, 5.74) is 1.70. The van der Waals surface area contributed by atoms with Crippen LogP contribution in [0.2, 0.25) is 0 Å². The molecule has 2 amide bonds. The zero-order valence-corrected chi connectivity index (χ0v) is 16.8. The minimum absolute atomic E-state index is 0.101. The highest BCUT2D eigenvalue weighted by atomic mass is 16.5. The van der Waals surface area contributed by atoms with E-state index in [4.69, 9.17) is 4.74 Å². The van der Waals surface area contributed by atoms with Crippen LogP contribution in [0.1, 0.15) is 44.6 Å². The van der Waals surface area contributed by atoms with Crippen molar-refractivity contribution in [3.63, 3.8) is 0 Å². The van der Waals surface area contributed by atoms with Crippen LogP contribution >= 0.6 is 0 Å². The first kappa shape index (κ1) is 20.4. The van der Waals surface area contributed by atoms with E-state index in [1.165, 1.54) is 4.90 Å². The van der Waals surface area contributed by atoms with Crippen molar-refractivity contribution in [3.8, 4) is 5.75 Å². The zero-order chi connectivity index (χ0) is 20.1. The number of nitrogens with zero attached hydrogens (tertiary/aromatic N) is 2. The number of likely N-dealkylation sites (tertiary alicyclic amines) is 1. The van der Waals surface area contributed by atoms with E-state index >= 15 is 0 Å². The van der Waals surface area contributed by atoms with Crippen LogP contribution in [0.5, 0.6) is 5.75 Å². The summed E-state index contributed by atoms with van der Waals surface area (Å²) in [4.78, 5) is 29.8. The molecule has 1 saturated heterocycles. The van der Waals surface area contributed by atoms with Gasteiger partial charge in [0.1, 0.15) is 11.4 Å². The number of benzene rings is 1. The normalized spacial score (nSPS) is 20.3. The molecular weight excluding hydrogens is 356 g/mol. The molecule has 0 bridgehead atoms. The number of aliphatic hydroxyl groups is 1. The fourth-order valence-electron chi connectivity index (χ4n) is 4.01. The number of amides is 2. The maximum atomic E-state index is 13.2. The van der Waals surface area contributed by atoms with Crippen molar-refractivity contribution in [2.75, 3.05) is 33.4 Å². The number of hydrogen-bond acceptors (Lipinski definition) is 5. The molecular formula is C22H30N2O4. The van der Waals surface area contributed by atoms with Crippen LogP contribution in [-0.2, 0) is 9.59 Å². The lowest BCUT2D eigenvalue weighted by Crippen LogP contribution is -2.40. The summed E-state index contributed by atoms with van der Waals surface area (Å²) >= 11 is 0. The molecule has 3 rings (SSSR count). The number of aliphatic hydroxyl groups excluding tert-OH is 1. The van der Waals surface area contributed by atoms with Gasteiger partial charge in [0.15, 0.2) is 0 Å². The van der Waals surface area contributed by atoms with E-state index in [9.17, 15) is 14.7 Å². The molecule has 6 heteroatoms. The summed E-state index contributed by atoms with van der Waals surface area (Å²) in [5, 5.41) is 9.59. The number of carbonyl (C=O) groups is 2. The fraction of sp³-hybridized carbons (Fsp3) is 0.545. The van der Waals surface area contributed by atoms with E-state index in [1.54, 1.807) is 7.11 Å². The largest absolute Gasteiger partial charge is 0.497 e. The Morgan fingerprint density at radius 3 is 2.54 bits per heavy atom. The van der Waals surface area contributed by atoms with Gasteiger partial charge in [-0.15, -0.1) is 0 Å². The molecule has 152 valence electrons. The third-order valence-electron chi connectivity index (χ3n) is 5.60. The summed E-state index contributed by atoms with van der Waals surface area (Å²) in [6.45, 7) is 3.99. The van der Waals surface area contributed by atoms with Crippen LogP contribution < -0.4 is 4.74 Å². The Morgan fingerprint density at radius 2 is 1.89 bits per heavy atom. The average molecular weight is 386 g/mol. The Hall–Kier alpha value is -2.34. The van der Waals surface area contributed by atoms with Crippen LogP contribution in [0.3, 0.4) is 0 Å². The van der Waals surface area contributed by atoms with Gasteiger partial charge < -0.3 is 14.7 Å². The topological polar surface area (TPSA) is 70.1 Å². The van der Waals surface area contributed by atoms with Crippen LogP contribution in [0, 0.1) is 5.92 Å². The van der Waals surface area contributed by atoms with E-state index in [-0.39, 0.29) is 24.3 Å². The highest BCUT2D eigenvalue weighted by Crippen LogP contribution is 2.34. The van der Waals surface area contributed by atoms with Crippen LogP contribution in [0.15, 0.2) is 30.0 Å². The van der Waals surface area contributed by atoms with Gasteiger partial charge in [0.2, 0.25) is 0 Å². The second-order valence-electron chi connectivity index (χ2n) is 7.56. The Bertz CT molecular complexity index is 741. The van der Waals surface area contributed by atoms with Gasteiger partial charge in [-0.05, 0) is 42.9 Å². The smallest absolute Gasteiger partial charge is 0.277 e. The second-order valence-corrected chi connectivity index (χ2v) is 7.56. The molecule has 0 radical (unpaired) electrons. The molecule has 1 fully saturated rings. The quantitative estimate of drug-likeness (QED) is 0.549. The lowest BCUT2D eigenvalue weighted by molar-refractivity contribution is -0.137. The van der Waals surface area contributed by atoms with Crippen molar-refractivity contribution in [2.45, 2.75) is 39.0 Å². The monoisotopic (exact) mass is 386 g/mol. The molecule has 2 heterocycles. The molecule has 6 nitrogen and oxygen atoms in total. The van der Waals surface area contributed by atoms with Crippen molar-refractivity contribution in [3.05, 3.63) is 35.5 Å². The molecule has 1 atom stereocenters. The third kappa shape index (κ3) is 4.07. The molecule has 1 N–H and O–H groups in total. The van der Waals surface area contributed by atoms with Crippen LogP contribution in [0.25, 0.3) is 5.57 Å². The number of hydrogen-bond donors (Lipinski definition) is 1. The molecule has 2 aliphatic heterocycles. The van der Waals surface area contributed by atoms with Gasteiger partial charge in [-0.3, -0.25) is 14.5 Å². The lowest BCUT2D eigenvalue weighted by atomic mass is 9.97. The molecule has 0 saturated carbocycles. The van der Waals surface area contributed by atoms with E-state index in [0.29, 0.717) is 30.1 Å². The van der Waals surface area contributed by atoms with Gasteiger partial charge >= 0.3 is 0 Å². The Balaban J connectivity index is 1.97. The van der Waals surface area contributed by atoms with Gasteiger partial charge in [0, 0.05) is 26.2 Å². The summed E-state index contributed by atoms with van der Waals surface area (Å²) in [7, 11) is 1.60. The molecule has 0 aromatic heterocycles. The third-order valence-corrected chi connectivity index (χ3v) is 5.60. The number of unbranched alkanes of at least 4 members (excludes halogenated alkanes) is 2. The summed E-state index contributed by atoms with van der Waals surface area (Å²) in [6, 6.07) is 7.29. The van der Waals surface area contributed by atoms with E-state index in [2.05, 4.69) is 6.92 Å². The van der Waals surface area contributed by atoms with Gasteiger partial charge in [0.25, 0.3) is 11.8 Å². The highest BCUT2D eigenvalue weighted by molar-refractivity contribution is 6.35. The van der Waals surface area contributed by atoms with E-state index < -0.39 is 0 Å². The maximum absolute atomic E-state index is 13.2. The summed E-state index contributed by atoms with van der Waals surface area (Å²) in [6.07, 6.45) is 4.69. The van der Waals surface area contributed by atoms with Crippen LogP contribution in [-0.4, -0.2) is 60.1 Å². The predicted molar refractivity (Wildman–Crippen MR) is 108 cm³/mol. The Kier molecular flexibility index (Phi) is 6.73. The SMILES string of the molecule is CCCCCN1C(=O)C(c2ccc(OC)cc2)=C(N2CCCC(CO)C2)C1=O. The first-order chi connectivity index (χ1) is 13.6. The molecule has 0 spiro atoms. The van der Waals surface area contributed by atoms with Crippen molar-refractivity contribution >= 4 is 17.4 Å². The van der Waals surface area contributed by atoms with Gasteiger partial charge in [-0.1, -0.05) is 31.9 Å². The van der Waals surface area contributed by atoms with Gasteiger partial charge in [-0.25, -0.2) is 0 Å². The molecule has 1 aromatic carbocycles. The summed E-state index contributed by atoms with van der Waals surface area (Å²) < 4.78 is 5.22. The van der Waals surface area contributed by atoms with Crippen molar-refractivity contribution in [1.82, 2.24) is 9.80 Å². The van der Waals surface area contributed by atoms with Crippen molar-refractivity contribution < 1.29 is 19.4 Å². The average Bonchev–Trinajstić information content (AvgIpc) is 2.98. The number of ether oxygens (including phenoxy) is 1. The van der Waals surface area contributed by atoms with E-state index in [1.807, 2.05) is 29.2 Å². The fourth-order valence-corrected chi connectivity index (χ4v) is 4.01. The van der Waals surface area contributed by atoms with Crippen molar-refractivity contribution in [2.24, 2.45) is 5.92 Å². The van der Waals surface area contributed by atoms with E-state index in [0.717, 1.165) is 44.2 Å². The van der Waals surface area contributed by atoms with Crippen LogP contribution in [0.4, 0.5) is 0 Å². The van der Waals surface area contributed by atoms with Gasteiger partial charge in [0.05, 0.1) is 12.7 Å². The lowest BCUT2D eigenvalue weighted by Gasteiger charge is -2.34. The number of carbonyl (C=O) groups excluding carboxylic acids is 2. The Labute approximate surface area is 166 Å². The highest BCUT2D eigenvalue weighted by Gasteiger charge is 2.42. The Morgan fingerprint density at radius 1 is 1.14 bits per heavy atom. The maximum Gasteiger partial charge on any atom is 0.277 e. The molecule has 28 heavy (non-hydrogen) atoms. The minimum atomic E-state index is -0.215. The molecule has 2 aliphatic rings. The number of rotatable bonds is 8. The zero-order valence-electron chi connectivity index (χ0n) is 16.8. The molecule has 1 aromatic rings. The minimum Gasteiger partial charge on any atom is -0.497 e. The van der Waals surface area contributed by atoms with Crippen molar-refractivity contribution in [1.29, 1.82) is 0 Å².